The number of piperazine rings is 1. The van der Waals surface area contributed by atoms with E-state index >= 15 is 0 Å². The minimum Gasteiger partial charge on any atom is -0.369 e. The van der Waals surface area contributed by atoms with Gasteiger partial charge in [0.05, 0.1) is 0 Å². The van der Waals surface area contributed by atoms with Gasteiger partial charge in [-0.15, -0.1) is 0 Å². The highest BCUT2D eigenvalue weighted by Gasteiger charge is 2.37. The summed E-state index contributed by atoms with van der Waals surface area (Å²) >= 11 is 6.18. The number of halogens is 1. The van der Waals surface area contributed by atoms with Crippen molar-refractivity contribution in [2.75, 3.05) is 19.7 Å². The summed E-state index contributed by atoms with van der Waals surface area (Å²) in [6, 6.07) is 6.37. The standard InChI is InChI=1S/C15H19ClN2O3/c1-3-21-10(2)15(20)18-9-8-17-14(19)13(18)11-6-4-5-7-12(11)16/h4-7,10,13H,3,8-9H2,1-2H3,(H,17,19)/t10-,13-/m0/s1. The summed E-state index contributed by atoms with van der Waals surface area (Å²) in [6.45, 7) is 4.85. The summed E-state index contributed by atoms with van der Waals surface area (Å²) in [4.78, 5) is 26.3. The molecule has 1 aliphatic heterocycles. The molecule has 1 heterocycles. The van der Waals surface area contributed by atoms with Gasteiger partial charge in [0.25, 0.3) is 5.91 Å². The van der Waals surface area contributed by atoms with Crippen LogP contribution in [-0.2, 0) is 14.3 Å². The molecule has 1 aromatic rings. The van der Waals surface area contributed by atoms with Gasteiger partial charge in [-0.25, -0.2) is 0 Å². The monoisotopic (exact) mass is 310 g/mol. The van der Waals surface area contributed by atoms with Gasteiger partial charge in [-0.3, -0.25) is 9.59 Å². The summed E-state index contributed by atoms with van der Waals surface area (Å²) in [5, 5.41) is 3.25. The molecule has 0 aliphatic carbocycles. The SMILES string of the molecule is CCO[C@@H](C)C(=O)N1CCNC(=O)[C@@H]1c1ccccc1Cl. The molecule has 2 atom stereocenters. The molecular formula is C15H19ClN2O3. The summed E-state index contributed by atoms with van der Waals surface area (Å²) in [7, 11) is 0. The molecule has 21 heavy (non-hydrogen) atoms. The summed E-state index contributed by atoms with van der Waals surface area (Å²) in [6.07, 6.45) is -0.578. The summed E-state index contributed by atoms with van der Waals surface area (Å²) < 4.78 is 5.35. The number of hydrogen-bond acceptors (Lipinski definition) is 3. The van der Waals surface area contributed by atoms with E-state index in [1.54, 1.807) is 36.1 Å². The number of carbonyl (C=O) groups is 2. The fourth-order valence-electron chi connectivity index (χ4n) is 2.47. The molecule has 1 saturated heterocycles. The van der Waals surface area contributed by atoms with Gasteiger partial charge in [0, 0.05) is 30.3 Å². The van der Waals surface area contributed by atoms with Crippen LogP contribution in [0.5, 0.6) is 0 Å². The molecule has 2 amide bonds. The van der Waals surface area contributed by atoms with Crippen LogP contribution in [0.15, 0.2) is 24.3 Å². The predicted molar refractivity (Wildman–Crippen MR) is 80.0 cm³/mol. The number of benzene rings is 1. The van der Waals surface area contributed by atoms with Crippen LogP contribution in [0.2, 0.25) is 5.02 Å². The van der Waals surface area contributed by atoms with Crippen LogP contribution in [-0.4, -0.2) is 42.5 Å². The van der Waals surface area contributed by atoms with Crippen LogP contribution in [0.3, 0.4) is 0 Å². The maximum Gasteiger partial charge on any atom is 0.252 e. The van der Waals surface area contributed by atoms with Crippen LogP contribution in [0.25, 0.3) is 0 Å². The number of rotatable bonds is 4. The van der Waals surface area contributed by atoms with Crippen molar-refractivity contribution in [3.63, 3.8) is 0 Å². The molecule has 114 valence electrons. The lowest BCUT2D eigenvalue weighted by atomic mass is 10.0. The molecule has 0 unspecified atom stereocenters. The van der Waals surface area contributed by atoms with E-state index in [4.69, 9.17) is 16.3 Å². The lowest BCUT2D eigenvalue weighted by Crippen LogP contribution is -2.54. The van der Waals surface area contributed by atoms with Crippen molar-refractivity contribution in [1.29, 1.82) is 0 Å². The second-order valence-corrected chi connectivity index (χ2v) is 5.25. The van der Waals surface area contributed by atoms with E-state index in [0.717, 1.165) is 0 Å². The molecular weight excluding hydrogens is 292 g/mol. The molecule has 0 aromatic heterocycles. The first-order valence-corrected chi connectivity index (χ1v) is 7.38. The maximum absolute atomic E-state index is 12.5. The third-order valence-electron chi connectivity index (χ3n) is 3.46. The van der Waals surface area contributed by atoms with Crippen molar-refractivity contribution in [3.8, 4) is 0 Å². The highest BCUT2D eigenvalue weighted by molar-refractivity contribution is 6.31. The Morgan fingerprint density at radius 2 is 2.24 bits per heavy atom. The van der Waals surface area contributed by atoms with E-state index in [0.29, 0.717) is 30.3 Å². The molecule has 1 N–H and O–H groups in total. The molecule has 0 radical (unpaired) electrons. The quantitative estimate of drug-likeness (QED) is 0.922. The van der Waals surface area contributed by atoms with E-state index in [-0.39, 0.29) is 11.8 Å². The first-order valence-electron chi connectivity index (χ1n) is 7.00. The lowest BCUT2D eigenvalue weighted by molar-refractivity contribution is -0.151. The Hall–Kier alpha value is -1.59. The number of carbonyl (C=O) groups excluding carboxylic acids is 2. The Morgan fingerprint density at radius 1 is 1.52 bits per heavy atom. The largest absolute Gasteiger partial charge is 0.369 e. The zero-order valence-electron chi connectivity index (χ0n) is 12.1. The summed E-state index contributed by atoms with van der Waals surface area (Å²) in [5.41, 5.74) is 0.633. The number of amides is 2. The highest BCUT2D eigenvalue weighted by Crippen LogP contribution is 2.29. The smallest absolute Gasteiger partial charge is 0.252 e. The van der Waals surface area contributed by atoms with Gasteiger partial charge < -0.3 is 15.0 Å². The van der Waals surface area contributed by atoms with Gasteiger partial charge >= 0.3 is 0 Å². The van der Waals surface area contributed by atoms with Crippen LogP contribution in [0, 0.1) is 0 Å². The fourth-order valence-corrected chi connectivity index (χ4v) is 2.70. The third kappa shape index (κ3) is 3.36. The predicted octanol–water partition coefficient (Wildman–Crippen LogP) is 1.76. The van der Waals surface area contributed by atoms with Gasteiger partial charge in [-0.05, 0) is 19.9 Å². The second-order valence-electron chi connectivity index (χ2n) is 4.84. The molecule has 0 spiro atoms. The van der Waals surface area contributed by atoms with Crippen molar-refractivity contribution < 1.29 is 14.3 Å². The Kier molecular flexibility index (Phi) is 5.20. The normalized spacial score (nSPS) is 20.0. The molecule has 0 bridgehead atoms. The highest BCUT2D eigenvalue weighted by atomic mass is 35.5. The number of hydrogen-bond donors (Lipinski definition) is 1. The van der Waals surface area contributed by atoms with Crippen molar-refractivity contribution in [1.82, 2.24) is 10.2 Å². The Balaban J connectivity index is 2.32. The van der Waals surface area contributed by atoms with Crippen LogP contribution >= 0.6 is 11.6 Å². The van der Waals surface area contributed by atoms with Crippen LogP contribution in [0.4, 0.5) is 0 Å². The molecule has 5 nitrogen and oxygen atoms in total. The zero-order chi connectivity index (χ0) is 15.4. The van der Waals surface area contributed by atoms with Gasteiger partial charge in [0.1, 0.15) is 12.1 Å². The average Bonchev–Trinajstić information content (AvgIpc) is 2.47. The Morgan fingerprint density at radius 3 is 2.90 bits per heavy atom. The van der Waals surface area contributed by atoms with E-state index in [1.807, 2.05) is 6.92 Å². The number of nitrogens with one attached hydrogen (secondary N) is 1. The Labute approximate surface area is 129 Å². The molecule has 2 rings (SSSR count). The van der Waals surface area contributed by atoms with Crippen LogP contribution in [0.1, 0.15) is 25.5 Å². The second kappa shape index (κ2) is 6.91. The molecule has 0 saturated carbocycles. The maximum atomic E-state index is 12.5. The molecule has 1 fully saturated rings. The molecule has 1 aliphatic rings. The molecule has 1 aromatic carbocycles. The van der Waals surface area contributed by atoms with Crippen molar-refractivity contribution in [3.05, 3.63) is 34.9 Å². The van der Waals surface area contributed by atoms with Gasteiger partial charge in [-0.1, -0.05) is 29.8 Å². The minimum atomic E-state index is -0.706. The first-order chi connectivity index (χ1) is 10.1. The number of ether oxygens (including phenoxy) is 1. The third-order valence-corrected chi connectivity index (χ3v) is 3.80. The average molecular weight is 311 g/mol. The zero-order valence-corrected chi connectivity index (χ0v) is 12.9. The van der Waals surface area contributed by atoms with Gasteiger partial charge in [-0.2, -0.15) is 0 Å². The number of nitrogens with zero attached hydrogens (tertiary/aromatic N) is 1. The van der Waals surface area contributed by atoms with Crippen molar-refractivity contribution in [2.24, 2.45) is 0 Å². The van der Waals surface area contributed by atoms with Crippen molar-refractivity contribution >= 4 is 23.4 Å². The minimum absolute atomic E-state index is 0.198. The van der Waals surface area contributed by atoms with E-state index in [2.05, 4.69) is 5.32 Å². The van der Waals surface area contributed by atoms with Crippen LogP contribution < -0.4 is 5.32 Å². The van der Waals surface area contributed by atoms with E-state index < -0.39 is 12.1 Å². The summed E-state index contributed by atoms with van der Waals surface area (Å²) in [5.74, 6) is -0.414. The molecule has 6 heteroatoms. The van der Waals surface area contributed by atoms with Gasteiger partial charge in [0.2, 0.25) is 5.91 Å². The van der Waals surface area contributed by atoms with Gasteiger partial charge in [0.15, 0.2) is 0 Å². The van der Waals surface area contributed by atoms with E-state index in [9.17, 15) is 9.59 Å². The van der Waals surface area contributed by atoms with E-state index in [1.165, 1.54) is 0 Å². The topological polar surface area (TPSA) is 58.6 Å². The van der Waals surface area contributed by atoms with Crippen molar-refractivity contribution in [2.45, 2.75) is 26.0 Å². The lowest BCUT2D eigenvalue weighted by Gasteiger charge is -2.37. The first kappa shape index (κ1) is 15.8. The fraction of sp³-hybridized carbons (Fsp3) is 0.467. The Bertz CT molecular complexity index is 535.